The van der Waals surface area contributed by atoms with E-state index in [-0.39, 0.29) is 11.5 Å². The Bertz CT molecular complexity index is 729. The van der Waals surface area contributed by atoms with Gasteiger partial charge in [-0.1, -0.05) is 12.1 Å². The number of carbonyl (C=O) groups is 1. The number of nitrogens with one attached hydrogen (secondary N) is 1. The van der Waals surface area contributed by atoms with Crippen molar-refractivity contribution in [3.63, 3.8) is 0 Å². The second-order valence-corrected chi connectivity index (χ2v) is 5.94. The van der Waals surface area contributed by atoms with Gasteiger partial charge in [0, 0.05) is 26.3 Å². The summed E-state index contributed by atoms with van der Waals surface area (Å²) in [5.74, 6) is -0.0203. The van der Waals surface area contributed by atoms with Gasteiger partial charge in [0.1, 0.15) is 18.2 Å². The molecule has 5 heteroatoms. The zero-order valence-corrected chi connectivity index (χ0v) is 14.5. The number of aryl methyl sites for hydroxylation is 2. The number of hydrogen-bond acceptors (Lipinski definition) is 3. The number of amides is 1. The van der Waals surface area contributed by atoms with E-state index in [0.29, 0.717) is 18.8 Å². The summed E-state index contributed by atoms with van der Waals surface area (Å²) in [5.41, 5.74) is 2.97. The van der Waals surface area contributed by atoms with E-state index in [2.05, 4.69) is 5.32 Å². The number of halogens is 1. The molecule has 128 valence electrons. The minimum Gasteiger partial charge on any atom is -0.491 e. The molecule has 1 amide bonds. The number of ether oxygens (including phenoxy) is 1. The molecule has 0 aliphatic heterocycles. The van der Waals surface area contributed by atoms with Crippen LogP contribution < -0.4 is 10.1 Å². The molecule has 24 heavy (non-hydrogen) atoms. The first-order chi connectivity index (χ1) is 11.4. The van der Waals surface area contributed by atoms with Crippen LogP contribution in [0.2, 0.25) is 0 Å². The van der Waals surface area contributed by atoms with E-state index < -0.39 is 5.82 Å². The summed E-state index contributed by atoms with van der Waals surface area (Å²) in [6, 6.07) is 10.5. The number of benzene rings is 2. The van der Waals surface area contributed by atoms with Gasteiger partial charge in [-0.05, 0) is 49.2 Å². The fourth-order valence-corrected chi connectivity index (χ4v) is 2.26. The molecule has 0 radical (unpaired) electrons. The maximum Gasteiger partial charge on any atom is 0.256 e. The van der Waals surface area contributed by atoms with Crippen LogP contribution in [0, 0.1) is 19.7 Å². The van der Waals surface area contributed by atoms with Crippen LogP contribution in [0.5, 0.6) is 5.75 Å². The van der Waals surface area contributed by atoms with Crippen LogP contribution in [0.15, 0.2) is 36.4 Å². The molecule has 0 saturated heterocycles. The molecule has 4 nitrogen and oxygen atoms in total. The highest BCUT2D eigenvalue weighted by Gasteiger charge is 2.14. The van der Waals surface area contributed by atoms with Gasteiger partial charge in [0.15, 0.2) is 0 Å². The van der Waals surface area contributed by atoms with E-state index in [1.54, 1.807) is 20.2 Å². The van der Waals surface area contributed by atoms with Crippen molar-refractivity contribution in [3.8, 4) is 5.75 Å². The van der Waals surface area contributed by atoms with Gasteiger partial charge >= 0.3 is 0 Å². The Morgan fingerprint density at radius 3 is 2.62 bits per heavy atom. The number of anilines is 1. The lowest BCUT2D eigenvalue weighted by atomic mass is 10.1. The van der Waals surface area contributed by atoms with Gasteiger partial charge in [-0.15, -0.1) is 0 Å². The third-order valence-corrected chi connectivity index (χ3v) is 3.64. The minimum absolute atomic E-state index is 0.0560. The summed E-state index contributed by atoms with van der Waals surface area (Å²) < 4.78 is 19.5. The Hall–Kier alpha value is -2.56. The van der Waals surface area contributed by atoms with Crippen molar-refractivity contribution < 1.29 is 13.9 Å². The zero-order valence-electron chi connectivity index (χ0n) is 14.5. The maximum absolute atomic E-state index is 13.8. The first-order valence-corrected chi connectivity index (χ1v) is 7.83. The van der Waals surface area contributed by atoms with Gasteiger partial charge in [-0.2, -0.15) is 0 Å². The Labute approximate surface area is 142 Å². The summed E-state index contributed by atoms with van der Waals surface area (Å²) in [7, 11) is 3.19. The van der Waals surface area contributed by atoms with Crippen LogP contribution in [-0.2, 0) is 0 Å². The van der Waals surface area contributed by atoms with E-state index in [1.165, 1.54) is 17.0 Å². The fourth-order valence-electron chi connectivity index (χ4n) is 2.26. The predicted octanol–water partition coefficient (Wildman–Crippen LogP) is 3.64. The summed E-state index contributed by atoms with van der Waals surface area (Å²) in [6.07, 6.45) is 0. The zero-order chi connectivity index (χ0) is 17.7. The summed E-state index contributed by atoms with van der Waals surface area (Å²) in [4.78, 5) is 13.3. The molecule has 0 saturated carbocycles. The fraction of sp³-hybridized carbons (Fsp3) is 0.316. The van der Waals surface area contributed by atoms with Crippen LogP contribution in [-0.4, -0.2) is 38.1 Å². The highest BCUT2D eigenvalue weighted by Crippen LogP contribution is 2.19. The molecule has 2 rings (SSSR count). The van der Waals surface area contributed by atoms with Crippen LogP contribution >= 0.6 is 0 Å². The number of nitrogens with zero attached hydrogens (tertiary/aromatic N) is 1. The monoisotopic (exact) mass is 330 g/mol. The third kappa shape index (κ3) is 4.47. The van der Waals surface area contributed by atoms with E-state index in [9.17, 15) is 9.18 Å². The first-order valence-electron chi connectivity index (χ1n) is 7.83. The smallest absolute Gasteiger partial charge is 0.256 e. The summed E-state index contributed by atoms with van der Waals surface area (Å²) in [5, 5.41) is 3.15. The SMILES string of the molecule is Cc1ccc(C)c(OCCNc2ccc(F)c(C(=O)N(C)C)c2)c1. The Morgan fingerprint density at radius 2 is 1.92 bits per heavy atom. The molecule has 0 aliphatic carbocycles. The second-order valence-electron chi connectivity index (χ2n) is 5.94. The van der Waals surface area contributed by atoms with Crippen molar-refractivity contribution in [2.45, 2.75) is 13.8 Å². The maximum atomic E-state index is 13.8. The van der Waals surface area contributed by atoms with Crippen LogP contribution in [0.1, 0.15) is 21.5 Å². The molecule has 1 N–H and O–H groups in total. The normalized spacial score (nSPS) is 10.4. The Kier molecular flexibility index (Phi) is 5.79. The second kappa shape index (κ2) is 7.81. The standard InChI is InChI=1S/C19H23FN2O2/c1-13-5-6-14(2)18(11-13)24-10-9-21-15-7-8-17(20)16(12-15)19(23)22(3)4/h5-8,11-12,21H,9-10H2,1-4H3. The number of rotatable bonds is 6. The lowest BCUT2D eigenvalue weighted by molar-refractivity contribution is 0.0823. The molecule has 0 bridgehead atoms. The predicted molar refractivity (Wildman–Crippen MR) is 94.3 cm³/mol. The van der Waals surface area contributed by atoms with Crippen molar-refractivity contribution >= 4 is 11.6 Å². The van der Waals surface area contributed by atoms with E-state index in [4.69, 9.17) is 4.74 Å². The average Bonchev–Trinajstić information content (AvgIpc) is 2.55. The van der Waals surface area contributed by atoms with Crippen LogP contribution in [0.4, 0.5) is 10.1 Å². The van der Waals surface area contributed by atoms with E-state index in [0.717, 1.165) is 16.9 Å². The van der Waals surface area contributed by atoms with Crippen molar-refractivity contribution in [2.24, 2.45) is 0 Å². The Morgan fingerprint density at radius 1 is 1.17 bits per heavy atom. The van der Waals surface area contributed by atoms with Crippen LogP contribution in [0.3, 0.4) is 0 Å². The molecule has 2 aromatic rings. The molecule has 0 aliphatic rings. The highest BCUT2D eigenvalue weighted by molar-refractivity contribution is 5.95. The molecule has 0 fully saturated rings. The largest absolute Gasteiger partial charge is 0.491 e. The molecular weight excluding hydrogens is 307 g/mol. The molecule has 0 heterocycles. The molecule has 0 spiro atoms. The number of hydrogen-bond donors (Lipinski definition) is 1. The molecular formula is C19H23FN2O2. The van der Waals surface area contributed by atoms with Gasteiger partial charge in [-0.3, -0.25) is 4.79 Å². The quantitative estimate of drug-likeness (QED) is 0.822. The minimum atomic E-state index is -0.522. The lowest BCUT2D eigenvalue weighted by Gasteiger charge is -2.14. The van der Waals surface area contributed by atoms with Crippen molar-refractivity contribution in [3.05, 3.63) is 58.9 Å². The van der Waals surface area contributed by atoms with Crippen LogP contribution in [0.25, 0.3) is 0 Å². The van der Waals surface area contributed by atoms with Crippen molar-refractivity contribution in [1.82, 2.24) is 4.90 Å². The Balaban J connectivity index is 1.94. The first kappa shape index (κ1) is 17.8. The molecule has 0 atom stereocenters. The van der Waals surface area contributed by atoms with Gasteiger partial charge in [0.25, 0.3) is 5.91 Å². The van der Waals surface area contributed by atoms with E-state index in [1.807, 2.05) is 32.0 Å². The van der Waals surface area contributed by atoms with E-state index >= 15 is 0 Å². The lowest BCUT2D eigenvalue weighted by Crippen LogP contribution is -2.23. The molecule has 0 aromatic heterocycles. The molecule has 2 aromatic carbocycles. The highest BCUT2D eigenvalue weighted by atomic mass is 19.1. The van der Waals surface area contributed by atoms with Gasteiger partial charge in [0.2, 0.25) is 0 Å². The van der Waals surface area contributed by atoms with Gasteiger partial charge < -0.3 is 15.0 Å². The topological polar surface area (TPSA) is 41.6 Å². The van der Waals surface area contributed by atoms with Crippen molar-refractivity contribution in [2.75, 3.05) is 32.6 Å². The summed E-state index contributed by atoms with van der Waals surface area (Å²) in [6.45, 7) is 5.04. The number of carbonyl (C=O) groups excluding carboxylic acids is 1. The summed E-state index contributed by atoms with van der Waals surface area (Å²) >= 11 is 0. The average molecular weight is 330 g/mol. The van der Waals surface area contributed by atoms with Gasteiger partial charge in [0.05, 0.1) is 5.56 Å². The van der Waals surface area contributed by atoms with Gasteiger partial charge in [-0.25, -0.2) is 4.39 Å². The third-order valence-electron chi connectivity index (χ3n) is 3.64. The van der Waals surface area contributed by atoms with Crippen molar-refractivity contribution in [1.29, 1.82) is 0 Å². The molecule has 0 unspecified atom stereocenters.